The van der Waals surface area contributed by atoms with Gasteiger partial charge in [0, 0.05) is 31.7 Å². The number of phenols is 1. The SMILES string of the molecule is COc1ccc(C(=O)N2CCN3C(=O)NCC3C2)cc1O. The second-order valence-electron chi connectivity index (χ2n) is 5.17. The number of fused-ring (bicyclic) bond motifs is 1. The van der Waals surface area contributed by atoms with Crippen molar-refractivity contribution in [3.05, 3.63) is 23.8 Å². The van der Waals surface area contributed by atoms with Gasteiger partial charge in [0.25, 0.3) is 5.91 Å². The number of urea groups is 1. The second-order valence-corrected chi connectivity index (χ2v) is 5.17. The number of nitrogens with zero attached hydrogens (tertiary/aromatic N) is 2. The number of amides is 3. The summed E-state index contributed by atoms with van der Waals surface area (Å²) in [7, 11) is 1.46. The third-order valence-corrected chi connectivity index (χ3v) is 3.95. The molecule has 0 radical (unpaired) electrons. The molecule has 7 nitrogen and oxygen atoms in total. The lowest BCUT2D eigenvalue weighted by atomic mass is 10.1. The largest absolute Gasteiger partial charge is 0.504 e. The Morgan fingerprint density at radius 3 is 2.95 bits per heavy atom. The van der Waals surface area contributed by atoms with Crippen LogP contribution < -0.4 is 10.1 Å². The predicted molar refractivity (Wildman–Crippen MR) is 74.5 cm³/mol. The Morgan fingerprint density at radius 2 is 2.24 bits per heavy atom. The number of phenolic OH excluding ortho intramolecular Hbond substituents is 1. The van der Waals surface area contributed by atoms with E-state index < -0.39 is 0 Å². The molecular formula is C14H17N3O4. The molecule has 0 aromatic heterocycles. The van der Waals surface area contributed by atoms with E-state index in [1.54, 1.807) is 21.9 Å². The molecule has 21 heavy (non-hydrogen) atoms. The number of ether oxygens (including phenoxy) is 1. The van der Waals surface area contributed by atoms with Gasteiger partial charge in [-0.15, -0.1) is 0 Å². The van der Waals surface area contributed by atoms with E-state index in [0.717, 1.165) is 0 Å². The van der Waals surface area contributed by atoms with Gasteiger partial charge in [-0.1, -0.05) is 0 Å². The Labute approximate surface area is 122 Å². The molecule has 1 unspecified atom stereocenters. The summed E-state index contributed by atoms with van der Waals surface area (Å²) in [6.45, 7) is 2.10. The van der Waals surface area contributed by atoms with Gasteiger partial charge in [0.2, 0.25) is 0 Å². The smallest absolute Gasteiger partial charge is 0.317 e. The number of carbonyl (C=O) groups excluding carboxylic acids is 2. The van der Waals surface area contributed by atoms with Crippen LogP contribution in [0.15, 0.2) is 18.2 Å². The predicted octanol–water partition coefficient (Wildman–Crippen LogP) is 0.250. The molecule has 0 saturated carbocycles. The molecule has 2 heterocycles. The van der Waals surface area contributed by atoms with E-state index >= 15 is 0 Å². The van der Waals surface area contributed by atoms with Crippen LogP contribution in [-0.2, 0) is 0 Å². The second kappa shape index (κ2) is 5.16. The van der Waals surface area contributed by atoms with Gasteiger partial charge in [-0.2, -0.15) is 0 Å². The highest BCUT2D eigenvalue weighted by Gasteiger charge is 2.37. The van der Waals surface area contributed by atoms with Crippen molar-refractivity contribution in [2.75, 3.05) is 33.3 Å². The summed E-state index contributed by atoms with van der Waals surface area (Å²) in [6.07, 6.45) is 0. The van der Waals surface area contributed by atoms with E-state index in [9.17, 15) is 14.7 Å². The van der Waals surface area contributed by atoms with Crippen LogP contribution in [0.4, 0.5) is 4.79 Å². The molecule has 1 aromatic carbocycles. The maximum atomic E-state index is 12.5. The molecule has 2 N–H and O–H groups in total. The fourth-order valence-electron chi connectivity index (χ4n) is 2.79. The number of hydrogen-bond donors (Lipinski definition) is 2. The van der Waals surface area contributed by atoms with Crippen molar-refractivity contribution in [1.82, 2.24) is 15.1 Å². The van der Waals surface area contributed by atoms with Crippen molar-refractivity contribution < 1.29 is 19.4 Å². The number of hydrogen-bond acceptors (Lipinski definition) is 4. The van der Waals surface area contributed by atoms with Gasteiger partial charge in [-0.25, -0.2) is 4.79 Å². The van der Waals surface area contributed by atoms with Crippen LogP contribution in [0, 0.1) is 0 Å². The van der Waals surface area contributed by atoms with Crippen LogP contribution in [0.3, 0.4) is 0 Å². The number of benzene rings is 1. The summed E-state index contributed by atoms with van der Waals surface area (Å²) in [5, 5.41) is 12.5. The Morgan fingerprint density at radius 1 is 1.43 bits per heavy atom. The molecule has 2 saturated heterocycles. The number of nitrogens with one attached hydrogen (secondary N) is 1. The third-order valence-electron chi connectivity index (χ3n) is 3.95. The van der Waals surface area contributed by atoms with Gasteiger partial charge < -0.3 is 25.0 Å². The summed E-state index contributed by atoms with van der Waals surface area (Å²) >= 11 is 0. The normalized spacial score (nSPS) is 21.0. The van der Waals surface area contributed by atoms with Crippen molar-refractivity contribution in [2.45, 2.75) is 6.04 Å². The number of rotatable bonds is 2. The molecule has 7 heteroatoms. The lowest BCUT2D eigenvalue weighted by Crippen LogP contribution is -2.53. The topological polar surface area (TPSA) is 82.1 Å². The lowest BCUT2D eigenvalue weighted by Gasteiger charge is -2.36. The summed E-state index contributed by atoms with van der Waals surface area (Å²) in [5.74, 6) is 0.133. The number of aromatic hydroxyl groups is 1. The van der Waals surface area contributed by atoms with Crippen molar-refractivity contribution in [3.8, 4) is 11.5 Å². The number of carbonyl (C=O) groups is 2. The Balaban J connectivity index is 1.74. The zero-order valence-corrected chi connectivity index (χ0v) is 11.7. The maximum absolute atomic E-state index is 12.5. The minimum Gasteiger partial charge on any atom is -0.504 e. The fourth-order valence-corrected chi connectivity index (χ4v) is 2.79. The van der Waals surface area contributed by atoms with Gasteiger partial charge in [0.15, 0.2) is 11.5 Å². The zero-order chi connectivity index (χ0) is 15.0. The molecule has 2 fully saturated rings. The first kappa shape index (κ1) is 13.5. The van der Waals surface area contributed by atoms with Crippen LogP contribution in [-0.4, -0.2) is 66.2 Å². The molecule has 112 valence electrons. The van der Waals surface area contributed by atoms with Gasteiger partial charge >= 0.3 is 6.03 Å². The third kappa shape index (κ3) is 2.35. The highest BCUT2D eigenvalue weighted by atomic mass is 16.5. The molecule has 0 spiro atoms. The van der Waals surface area contributed by atoms with Crippen molar-refractivity contribution in [2.24, 2.45) is 0 Å². The first-order chi connectivity index (χ1) is 10.1. The van der Waals surface area contributed by atoms with E-state index in [1.165, 1.54) is 13.2 Å². The summed E-state index contributed by atoms with van der Waals surface area (Å²) < 4.78 is 4.97. The summed E-state index contributed by atoms with van der Waals surface area (Å²) in [5.41, 5.74) is 0.416. The molecule has 1 aromatic rings. The van der Waals surface area contributed by atoms with Crippen LogP contribution >= 0.6 is 0 Å². The molecule has 1 atom stereocenters. The van der Waals surface area contributed by atoms with Gasteiger partial charge in [-0.05, 0) is 18.2 Å². The van der Waals surface area contributed by atoms with Crippen molar-refractivity contribution >= 4 is 11.9 Å². The average Bonchev–Trinajstić information content (AvgIpc) is 2.87. The standard InChI is InChI=1S/C14H17N3O4/c1-21-12-3-2-9(6-11(12)18)13(19)16-4-5-17-10(8-16)7-15-14(17)20/h2-3,6,10,18H,4-5,7-8H2,1H3,(H,15,20). The highest BCUT2D eigenvalue weighted by Crippen LogP contribution is 2.27. The van der Waals surface area contributed by atoms with E-state index in [-0.39, 0.29) is 23.7 Å². The van der Waals surface area contributed by atoms with Crippen LogP contribution in [0.2, 0.25) is 0 Å². The highest BCUT2D eigenvalue weighted by molar-refractivity contribution is 5.95. The number of methoxy groups -OCH3 is 1. The van der Waals surface area contributed by atoms with Gasteiger partial charge in [0.1, 0.15) is 0 Å². The maximum Gasteiger partial charge on any atom is 0.317 e. The summed E-state index contributed by atoms with van der Waals surface area (Å²) in [6, 6.07) is 4.58. The van der Waals surface area contributed by atoms with Crippen molar-refractivity contribution in [1.29, 1.82) is 0 Å². The zero-order valence-electron chi connectivity index (χ0n) is 11.7. The molecule has 0 aliphatic carbocycles. The van der Waals surface area contributed by atoms with Crippen LogP contribution in [0.5, 0.6) is 11.5 Å². The monoisotopic (exact) mass is 291 g/mol. The van der Waals surface area contributed by atoms with E-state index in [1.807, 2.05) is 0 Å². The Bertz CT molecular complexity index is 590. The van der Waals surface area contributed by atoms with Gasteiger partial charge in [-0.3, -0.25) is 4.79 Å². The van der Waals surface area contributed by atoms with Crippen LogP contribution in [0.1, 0.15) is 10.4 Å². The van der Waals surface area contributed by atoms with E-state index in [2.05, 4.69) is 5.32 Å². The molecule has 3 rings (SSSR count). The van der Waals surface area contributed by atoms with E-state index in [4.69, 9.17) is 4.74 Å². The summed E-state index contributed by atoms with van der Waals surface area (Å²) in [4.78, 5) is 27.5. The molecule has 3 amide bonds. The first-order valence-corrected chi connectivity index (χ1v) is 6.81. The van der Waals surface area contributed by atoms with Crippen molar-refractivity contribution in [3.63, 3.8) is 0 Å². The van der Waals surface area contributed by atoms with Gasteiger partial charge in [0.05, 0.1) is 13.2 Å². The van der Waals surface area contributed by atoms with E-state index in [0.29, 0.717) is 37.5 Å². The quantitative estimate of drug-likeness (QED) is 0.818. The Kier molecular flexibility index (Phi) is 3.32. The molecular weight excluding hydrogens is 274 g/mol. The first-order valence-electron chi connectivity index (χ1n) is 6.81. The minimum absolute atomic E-state index is 0.0297. The number of piperazine rings is 1. The molecule has 0 bridgehead atoms. The fraction of sp³-hybridized carbons (Fsp3) is 0.429. The Hall–Kier alpha value is -2.44. The minimum atomic E-state index is -0.146. The lowest BCUT2D eigenvalue weighted by molar-refractivity contribution is 0.0616. The molecule has 2 aliphatic heterocycles. The van der Waals surface area contributed by atoms with Crippen LogP contribution in [0.25, 0.3) is 0 Å². The average molecular weight is 291 g/mol. The molecule has 2 aliphatic rings.